The summed E-state index contributed by atoms with van der Waals surface area (Å²) in [5.74, 6) is 0.318. The highest BCUT2D eigenvalue weighted by molar-refractivity contribution is 5.69. The molecule has 1 aromatic carbocycles. The second-order valence-electron chi connectivity index (χ2n) is 4.87. The molecule has 1 aromatic rings. The zero-order valence-electron chi connectivity index (χ0n) is 11.1. The monoisotopic (exact) mass is 258 g/mol. The Bertz CT molecular complexity index is 468. The van der Waals surface area contributed by atoms with E-state index in [1.807, 2.05) is 24.3 Å². The third-order valence-electron chi connectivity index (χ3n) is 3.66. The Morgan fingerprint density at radius 2 is 2.00 bits per heavy atom. The third-order valence-corrected chi connectivity index (χ3v) is 3.66. The first kappa shape index (κ1) is 13.4. The summed E-state index contributed by atoms with van der Waals surface area (Å²) in [6.45, 7) is 1.90. The van der Waals surface area contributed by atoms with E-state index < -0.39 is 0 Å². The number of carbonyl (C=O) groups is 1. The molecule has 2 rings (SSSR count). The lowest BCUT2D eigenvalue weighted by atomic mass is 9.93. The number of rotatable bonds is 3. The Kier molecular flexibility index (Phi) is 4.40. The third kappa shape index (κ3) is 3.47. The molecule has 0 saturated carbocycles. The molecule has 1 saturated heterocycles. The topological polar surface area (TPSA) is 53.3 Å². The summed E-state index contributed by atoms with van der Waals surface area (Å²) >= 11 is 0. The second-order valence-corrected chi connectivity index (χ2v) is 4.87. The van der Waals surface area contributed by atoms with Crippen LogP contribution in [-0.4, -0.2) is 26.2 Å². The van der Waals surface area contributed by atoms with E-state index in [0.717, 1.165) is 31.6 Å². The molecule has 0 unspecified atom stereocenters. The van der Waals surface area contributed by atoms with Gasteiger partial charge in [0.05, 0.1) is 18.7 Å². The molecule has 0 amide bonds. The number of hydrogen-bond donors (Lipinski definition) is 0. The Labute approximate surface area is 113 Å². The zero-order valence-corrected chi connectivity index (χ0v) is 11.1. The summed E-state index contributed by atoms with van der Waals surface area (Å²) < 4.78 is 4.71. The molecule has 1 aliphatic heterocycles. The maximum atomic E-state index is 11.2. The normalized spacial score (nSPS) is 15.9. The van der Waals surface area contributed by atoms with Crippen molar-refractivity contribution in [2.24, 2.45) is 5.92 Å². The number of hydrogen-bond acceptors (Lipinski definition) is 4. The molecular formula is C15H18N2O2. The van der Waals surface area contributed by atoms with Crippen molar-refractivity contribution in [3.63, 3.8) is 0 Å². The standard InChI is InChI=1S/C15H18N2O2/c1-19-15(18)10-12-6-8-17(9-7-12)14-4-2-13(11-16)3-5-14/h2-5,12H,6-10H2,1H3. The van der Waals surface area contributed by atoms with E-state index >= 15 is 0 Å². The van der Waals surface area contributed by atoms with Gasteiger partial charge in [0.1, 0.15) is 0 Å². The van der Waals surface area contributed by atoms with E-state index in [1.54, 1.807) is 0 Å². The summed E-state index contributed by atoms with van der Waals surface area (Å²) in [4.78, 5) is 13.5. The predicted molar refractivity (Wildman–Crippen MR) is 72.7 cm³/mol. The Balaban J connectivity index is 1.89. The summed E-state index contributed by atoms with van der Waals surface area (Å²) in [5, 5.41) is 8.77. The predicted octanol–water partition coefficient (Wildman–Crippen LogP) is 2.34. The molecule has 0 spiro atoms. The van der Waals surface area contributed by atoms with Crippen molar-refractivity contribution < 1.29 is 9.53 Å². The second kappa shape index (κ2) is 6.24. The van der Waals surface area contributed by atoms with Crippen LogP contribution in [0.3, 0.4) is 0 Å². The lowest BCUT2D eigenvalue weighted by Gasteiger charge is -2.33. The molecule has 19 heavy (non-hydrogen) atoms. The first-order chi connectivity index (χ1) is 9.22. The highest BCUT2D eigenvalue weighted by atomic mass is 16.5. The average Bonchev–Trinajstić information content (AvgIpc) is 2.48. The number of esters is 1. The molecule has 0 aromatic heterocycles. The zero-order chi connectivity index (χ0) is 13.7. The van der Waals surface area contributed by atoms with Crippen LogP contribution < -0.4 is 4.90 Å². The first-order valence-electron chi connectivity index (χ1n) is 6.55. The minimum absolute atomic E-state index is 0.114. The quantitative estimate of drug-likeness (QED) is 0.781. The number of benzene rings is 1. The van der Waals surface area contributed by atoms with Crippen LogP contribution in [0.4, 0.5) is 5.69 Å². The summed E-state index contributed by atoms with van der Waals surface area (Å²) in [6, 6.07) is 9.78. The van der Waals surface area contributed by atoms with Gasteiger partial charge in [-0.3, -0.25) is 4.79 Å². The SMILES string of the molecule is COC(=O)CC1CCN(c2ccc(C#N)cc2)CC1. The fraction of sp³-hybridized carbons (Fsp3) is 0.467. The molecule has 0 radical (unpaired) electrons. The Morgan fingerprint density at radius 1 is 1.37 bits per heavy atom. The number of carbonyl (C=O) groups excluding carboxylic acids is 1. The minimum atomic E-state index is -0.114. The summed E-state index contributed by atoms with van der Waals surface area (Å²) in [6.07, 6.45) is 2.54. The van der Waals surface area contributed by atoms with Gasteiger partial charge >= 0.3 is 5.97 Å². The Hall–Kier alpha value is -2.02. The molecule has 100 valence electrons. The largest absolute Gasteiger partial charge is 0.469 e. The van der Waals surface area contributed by atoms with Crippen molar-refractivity contribution in [3.05, 3.63) is 29.8 Å². The van der Waals surface area contributed by atoms with Crippen molar-refractivity contribution in [2.45, 2.75) is 19.3 Å². The summed E-state index contributed by atoms with van der Waals surface area (Å²) in [5.41, 5.74) is 1.83. The lowest BCUT2D eigenvalue weighted by molar-refractivity contribution is -0.141. The van der Waals surface area contributed by atoms with Gasteiger partial charge in [-0.1, -0.05) is 0 Å². The number of piperidine rings is 1. The maximum absolute atomic E-state index is 11.2. The van der Waals surface area contributed by atoms with E-state index in [2.05, 4.69) is 11.0 Å². The smallest absolute Gasteiger partial charge is 0.305 e. The van der Waals surface area contributed by atoms with Crippen molar-refractivity contribution >= 4 is 11.7 Å². The minimum Gasteiger partial charge on any atom is -0.469 e. The molecule has 0 N–H and O–H groups in total. The molecule has 0 bridgehead atoms. The Morgan fingerprint density at radius 3 is 2.53 bits per heavy atom. The molecule has 0 aliphatic carbocycles. The van der Waals surface area contributed by atoms with Crippen molar-refractivity contribution in [2.75, 3.05) is 25.1 Å². The fourth-order valence-corrected chi connectivity index (χ4v) is 2.46. The highest BCUT2D eigenvalue weighted by Crippen LogP contribution is 2.25. The lowest BCUT2D eigenvalue weighted by Crippen LogP contribution is -2.34. The van der Waals surface area contributed by atoms with Gasteiger partial charge in [0.2, 0.25) is 0 Å². The van der Waals surface area contributed by atoms with Crippen LogP contribution in [0, 0.1) is 17.2 Å². The van der Waals surface area contributed by atoms with Crippen LogP contribution in [-0.2, 0) is 9.53 Å². The van der Waals surface area contributed by atoms with Crippen molar-refractivity contribution in [3.8, 4) is 6.07 Å². The first-order valence-corrected chi connectivity index (χ1v) is 6.55. The summed E-state index contributed by atoms with van der Waals surface area (Å²) in [7, 11) is 1.44. The number of nitrogens with zero attached hydrogens (tertiary/aromatic N) is 2. The van der Waals surface area contributed by atoms with E-state index in [-0.39, 0.29) is 5.97 Å². The van der Waals surface area contributed by atoms with Gasteiger partial charge in [-0.15, -0.1) is 0 Å². The average molecular weight is 258 g/mol. The van der Waals surface area contributed by atoms with Crippen molar-refractivity contribution in [1.29, 1.82) is 5.26 Å². The van der Waals surface area contributed by atoms with Gasteiger partial charge < -0.3 is 9.64 Å². The van der Waals surface area contributed by atoms with Gasteiger partial charge in [-0.25, -0.2) is 0 Å². The van der Waals surface area contributed by atoms with Gasteiger partial charge in [0.15, 0.2) is 0 Å². The molecule has 1 heterocycles. The fourth-order valence-electron chi connectivity index (χ4n) is 2.46. The van der Waals surface area contributed by atoms with Crippen LogP contribution in [0.1, 0.15) is 24.8 Å². The van der Waals surface area contributed by atoms with E-state index in [9.17, 15) is 4.79 Å². The van der Waals surface area contributed by atoms with Gasteiger partial charge in [-0.05, 0) is 43.0 Å². The highest BCUT2D eigenvalue weighted by Gasteiger charge is 2.21. The molecule has 4 nitrogen and oxygen atoms in total. The number of methoxy groups -OCH3 is 1. The van der Waals surface area contributed by atoms with Gasteiger partial charge in [0.25, 0.3) is 0 Å². The van der Waals surface area contributed by atoms with Crippen LogP contribution in [0.15, 0.2) is 24.3 Å². The van der Waals surface area contributed by atoms with E-state index in [1.165, 1.54) is 7.11 Å². The molecule has 1 aliphatic rings. The van der Waals surface area contributed by atoms with Gasteiger partial charge in [0, 0.05) is 25.2 Å². The maximum Gasteiger partial charge on any atom is 0.305 e. The number of ether oxygens (including phenoxy) is 1. The van der Waals surface area contributed by atoms with Crippen LogP contribution in [0.25, 0.3) is 0 Å². The molecule has 4 heteroatoms. The molecular weight excluding hydrogens is 240 g/mol. The molecule has 0 atom stereocenters. The van der Waals surface area contributed by atoms with Crippen LogP contribution in [0.2, 0.25) is 0 Å². The van der Waals surface area contributed by atoms with Crippen LogP contribution in [0.5, 0.6) is 0 Å². The van der Waals surface area contributed by atoms with Gasteiger partial charge in [-0.2, -0.15) is 5.26 Å². The van der Waals surface area contributed by atoms with E-state index in [0.29, 0.717) is 17.9 Å². The van der Waals surface area contributed by atoms with E-state index in [4.69, 9.17) is 10.00 Å². The number of nitriles is 1. The molecule has 1 fully saturated rings. The number of anilines is 1. The van der Waals surface area contributed by atoms with Crippen LogP contribution >= 0.6 is 0 Å². The van der Waals surface area contributed by atoms with Crippen molar-refractivity contribution in [1.82, 2.24) is 0 Å².